The van der Waals surface area contributed by atoms with Crippen molar-refractivity contribution in [2.45, 2.75) is 37.8 Å². The molecule has 2 heterocycles. The van der Waals surface area contributed by atoms with Crippen LogP contribution in [0.15, 0.2) is 12.3 Å². The maximum atomic E-state index is 9.17. The van der Waals surface area contributed by atoms with Crippen LogP contribution in [0.2, 0.25) is 0 Å². The van der Waals surface area contributed by atoms with Gasteiger partial charge in [0.25, 0.3) is 0 Å². The Kier molecular flexibility index (Phi) is 3.11. The molecule has 0 spiro atoms. The summed E-state index contributed by atoms with van der Waals surface area (Å²) in [7, 11) is 0. The third-order valence-electron chi connectivity index (χ3n) is 3.66. The number of nitrogens with zero attached hydrogens (tertiary/aromatic N) is 4. The van der Waals surface area contributed by atoms with Gasteiger partial charge in [-0.25, -0.2) is 0 Å². The third kappa shape index (κ3) is 2.29. The van der Waals surface area contributed by atoms with Crippen LogP contribution in [-0.2, 0) is 0 Å². The first-order valence-corrected chi connectivity index (χ1v) is 6.60. The lowest BCUT2D eigenvalue weighted by molar-refractivity contribution is 0.573. The maximum Gasteiger partial charge on any atom is 0.169 e. The van der Waals surface area contributed by atoms with Crippen molar-refractivity contribution in [1.29, 1.82) is 5.26 Å². The molecule has 1 saturated carbocycles. The molecule has 1 saturated heterocycles. The van der Waals surface area contributed by atoms with Crippen LogP contribution in [0.1, 0.15) is 31.2 Å². The van der Waals surface area contributed by atoms with Crippen molar-refractivity contribution in [1.82, 2.24) is 15.5 Å². The first-order valence-electron chi connectivity index (χ1n) is 6.60. The Morgan fingerprint density at radius 2 is 2.33 bits per heavy atom. The van der Waals surface area contributed by atoms with Crippen LogP contribution in [0.4, 0.5) is 5.82 Å². The van der Waals surface area contributed by atoms with Gasteiger partial charge in [0.1, 0.15) is 6.07 Å². The van der Waals surface area contributed by atoms with Gasteiger partial charge in [0.15, 0.2) is 5.82 Å². The first-order chi connectivity index (χ1) is 8.88. The molecule has 0 aromatic carbocycles. The first kappa shape index (κ1) is 11.4. The molecule has 94 valence electrons. The van der Waals surface area contributed by atoms with Crippen LogP contribution >= 0.6 is 0 Å². The van der Waals surface area contributed by atoms with Gasteiger partial charge in [0, 0.05) is 18.6 Å². The van der Waals surface area contributed by atoms with Crippen LogP contribution < -0.4 is 10.2 Å². The van der Waals surface area contributed by atoms with Gasteiger partial charge >= 0.3 is 0 Å². The van der Waals surface area contributed by atoms with Crippen LogP contribution in [0, 0.1) is 11.3 Å². The van der Waals surface area contributed by atoms with E-state index in [2.05, 4.69) is 26.5 Å². The van der Waals surface area contributed by atoms with Crippen LogP contribution in [0.25, 0.3) is 0 Å². The Morgan fingerprint density at radius 3 is 3.00 bits per heavy atom. The van der Waals surface area contributed by atoms with E-state index in [4.69, 9.17) is 0 Å². The Bertz CT molecular complexity index is 457. The number of anilines is 1. The summed E-state index contributed by atoms with van der Waals surface area (Å²) in [4.78, 5) is 2.27. The molecular formula is C13H17N5. The minimum absolute atomic E-state index is 0.527. The van der Waals surface area contributed by atoms with Crippen LogP contribution in [-0.4, -0.2) is 35.4 Å². The maximum absolute atomic E-state index is 9.17. The normalized spacial score (nSPS) is 22.7. The molecule has 1 aliphatic heterocycles. The Labute approximate surface area is 107 Å². The minimum atomic E-state index is 0.527. The van der Waals surface area contributed by atoms with Gasteiger partial charge in [0.05, 0.1) is 11.8 Å². The molecular weight excluding hydrogens is 226 g/mol. The Morgan fingerprint density at radius 1 is 1.44 bits per heavy atom. The number of rotatable bonds is 4. The molecule has 1 aromatic rings. The summed E-state index contributed by atoms with van der Waals surface area (Å²) in [5.74, 6) is 0.760. The van der Waals surface area contributed by atoms with Gasteiger partial charge in [-0.3, -0.25) is 0 Å². The second kappa shape index (κ2) is 4.91. The molecule has 5 heteroatoms. The molecule has 18 heavy (non-hydrogen) atoms. The van der Waals surface area contributed by atoms with E-state index in [0.29, 0.717) is 17.6 Å². The fourth-order valence-electron chi connectivity index (χ4n) is 2.57. The van der Waals surface area contributed by atoms with Gasteiger partial charge in [-0.1, -0.05) is 0 Å². The molecule has 2 aliphatic rings. The predicted octanol–water partition coefficient (Wildman–Crippen LogP) is 1.07. The smallest absolute Gasteiger partial charge is 0.169 e. The lowest BCUT2D eigenvalue weighted by Crippen LogP contribution is -2.39. The second-order valence-corrected chi connectivity index (χ2v) is 5.06. The van der Waals surface area contributed by atoms with E-state index in [0.717, 1.165) is 18.9 Å². The summed E-state index contributed by atoms with van der Waals surface area (Å²) in [6.45, 7) is 2.05. The quantitative estimate of drug-likeness (QED) is 0.857. The van der Waals surface area contributed by atoms with Crippen LogP contribution in [0.3, 0.4) is 0 Å². The highest BCUT2D eigenvalue weighted by atomic mass is 15.3. The second-order valence-electron chi connectivity index (χ2n) is 5.06. The van der Waals surface area contributed by atoms with E-state index in [1.165, 1.54) is 25.7 Å². The summed E-state index contributed by atoms with van der Waals surface area (Å²) in [5.41, 5.74) is 0.634. The predicted molar refractivity (Wildman–Crippen MR) is 68.1 cm³/mol. The number of nitriles is 1. The molecule has 3 rings (SSSR count). The van der Waals surface area contributed by atoms with Crippen molar-refractivity contribution in [2.75, 3.05) is 18.0 Å². The number of hydrogen-bond acceptors (Lipinski definition) is 5. The van der Waals surface area contributed by atoms with Gasteiger partial charge in [0.2, 0.25) is 0 Å². The zero-order valence-corrected chi connectivity index (χ0v) is 10.3. The van der Waals surface area contributed by atoms with E-state index in [9.17, 15) is 5.26 Å². The summed E-state index contributed by atoms with van der Waals surface area (Å²) in [6, 6.07) is 5.05. The molecule has 5 nitrogen and oxygen atoms in total. The van der Waals surface area contributed by atoms with Gasteiger partial charge in [-0.05, 0) is 38.3 Å². The van der Waals surface area contributed by atoms with Gasteiger partial charge in [-0.2, -0.15) is 10.4 Å². The minimum Gasteiger partial charge on any atom is -0.349 e. The summed E-state index contributed by atoms with van der Waals surface area (Å²) < 4.78 is 0. The number of aromatic nitrogens is 2. The van der Waals surface area contributed by atoms with Crippen LogP contribution in [0.5, 0.6) is 0 Å². The lowest BCUT2D eigenvalue weighted by Gasteiger charge is -2.26. The molecule has 0 amide bonds. The SMILES string of the molecule is N#Cc1ccnnc1N(CC1CCCN1)C1CC1. The Hall–Kier alpha value is -1.67. The Balaban J connectivity index is 1.82. The molecule has 1 aromatic heterocycles. The summed E-state index contributed by atoms with van der Waals surface area (Å²) in [5, 5.41) is 20.8. The van der Waals surface area contributed by atoms with E-state index in [1.807, 2.05) is 0 Å². The average Bonchev–Trinajstić information content (AvgIpc) is 3.13. The topological polar surface area (TPSA) is 64.8 Å². The van der Waals surface area contributed by atoms with Crippen molar-refractivity contribution < 1.29 is 0 Å². The number of hydrogen-bond donors (Lipinski definition) is 1. The summed E-state index contributed by atoms with van der Waals surface area (Å²) >= 11 is 0. The van der Waals surface area contributed by atoms with E-state index < -0.39 is 0 Å². The van der Waals surface area contributed by atoms with Crippen molar-refractivity contribution in [3.63, 3.8) is 0 Å². The van der Waals surface area contributed by atoms with E-state index >= 15 is 0 Å². The monoisotopic (exact) mass is 243 g/mol. The largest absolute Gasteiger partial charge is 0.349 e. The molecule has 1 aliphatic carbocycles. The standard InChI is InChI=1S/C13H17N5/c14-8-10-5-7-16-17-13(10)18(12-3-4-12)9-11-2-1-6-15-11/h5,7,11-12,15H,1-4,6,9H2. The molecule has 2 fully saturated rings. The molecule has 1 N–H and O–H groups in total. The van der Waals surface area contributed by atoms with Crippen molar-refractivity contribution in [3.05, 3.63) is 17.8 Å². The number of nitrogens with one attached hydrogen (secondary N) is 1. The highest BCUT2D eigenvalue weighted by Gasteiger charge is 2.33. The summed E-state index contributed by atoms with van der Waals surface area (Å²) in [6.07, 6.45) is 6.45. The van der Waals surface area contributed by atoms with Gasteiger partial charge in [-0.15, -0.1) is 5.10 Å². The fraction of sp³-hybridized carbons (Fsp3) is 0.615. The average molecular weight is 243 g/mol. The highest BCUT2D eigenvalue weighted by Crippen LogP contribution is 2.32. The van der Waals surface area contributed by atoms with Crippen molar-refractivity contribution in [2.24, 2.45) is 0 Å². The zero-order valence-electron chi connectivity index (χ0n) is 10.3. The molecule has 1 unspecified atom stereocenters. The van der Waals surface area contributed by atoms with Gasteiger partial charge < -0.3 is 10.2 Å². The van der Waals surface area contributed by atoms with E-state index in [-0.39, 0.29) is 0 Å². The van der Waals surface area contributed by atoms with Crippen molar-refractivity contribution >= 4 is 5.82 Å². The fourth-order valence-corrected chi connectivity index (χ4v) is 2.57. The molecule has 0 bridgehead atoms. The molecule has 1 atom stereocenters. The lowest BCUT2D eigenvalue weighted by atomic mass is 10.2. The third-order valence-corrected chi connectivity index (χ3v) is 3.66. The molecule has 0 radical (unpaired) electrons. The van der Waals surface area contributed by atoms with E-state index in [1.54, 1.807) is 12.3 Å². The highest BCUT2D eigenvalue weighted by molar-refractivity contribution is 5.54. The zero-order chi connectivity index (χ0) is 12.4. The van der Waals surface area contributed by atoms with Crippen molar-refractivity contribution in [3.8, 4) is 6.07 Å².